The molecule has 1 amide bonds. The Labute approximate surface area is 124 Å². The van der Waals surface area contributed by atoms with Crippen molar-refractivity contribution in [3.8, 4) is 5.75 Å². The molecule has 5 heteroatoms. The van der Waals surface area contributed by atoms with Crippen LogP contribution in [-0.4, -0.2) is 41.0 Å². The van der Waals surface area contributed by atoms with Crippen molar-refractivity contribution in [3.05, 3.63) is 29.8 Å². The maximum absolute atomic E-state index is 14.4. The van der Waals surface area contributed by atoms with Gasteiger partial charge in [-0.15, -0.1) is 0 Å². The van der Waals surface area contributed by atoms with Gasteiger partial charge in [-0.3, -0.25) is 0 Å². The average Bonchev–Trinajstić information content (AvgIpc) is 2.38. The molecule has 1 aliphatic heterocycles. The van der Waals surface area contributed by atoms with Crippen LogP contribution in [0.4, 0.5) is 9.18 Å². The van der Waals surface area contributed by atoms with E-state index in [1.54, 1.807) is 45.0 Å². The van der Waals surface area contributed by atoms with E-state index < -0.39 is 17.9 Å². The van der Waals surface area contributed by atoms with Gasteiger partial charge in [0.15, 0.2) is 0 Å². The number of piperidine rings is 1. The van der Waals surface area contributed by atoms with Crippen molar-refractivity contribution in [2.24, 2.45) is 0 Å². The fourth-order valence-electron chi connectivity index (χ4n) is 2.49. The lowest BCUT2D eigenvalue weighted by Gasteiger charge is -2.35. The van der Waals surface area contributed by atoms with E-state index in [1.165, 1.54) is 4.90 Å². The highest BCUT2D eigenvalue weighted by atomic mass is 19.1. The van der Waals surface area contributed by atoms with Crippen LogP contribution < -0.4 is 0 Å². The van der Waals surface area contributed by atoms with Crippen molar-refractivity contribution >= 4 is 6.09 Å². The zero-order chi connectivity index (χ0) is 15.6. The number of carbonyl (C=O) groups is 1. The SMILES string of the molecule is CC(C)(C)OC(=O)N1CCC(c2ccc(O)cc2)C(F)C1. The number of alkyl halides is 1. The first-order chi connectivity index (χ1) is 9.76. The summed E-state index contributed by atoms with van der Waals surface area (Å²) in [6.45, 7) is 5.89. The molecule has 1 aliphatic rings. The molecule has 0 radical (unpaired) electrons. The van der Waals surface area contributed by atoms with Crippen molar-refractivity contribution in [3.63, 3.8) is 0 Å². The molecule has 0 aliphatic carbocycles. The van der Waals surface area contributed by atoms with E-state index in [-0.39, 0.29) is 18.2 Å². The Hall–Kier alpha value is -1.78. The van der Waals surface area contributed by atoms with Crippen LogP contribution in [0.1, 0.15) is 38.7 Å². The number of hydrogen-bond acceptors (Lipinski definition) is 3. The maximum atomic E-state index is 14.4. The summed E-state index contributed by atoms with van der Waals surface area (Å²) in [5, 5.41) is 9.28. The van der Waals surface area contributed by atoms with Gasteiger partial charge in [-0.05, 0) is 44.9 Å². The van der Waals surface area contributed by atoms with Crippen molar-refractivity contribution in [2.75, 3.05) is 13.1 Å². The molecule has 0 spiro atoms. The Morgan fingerprint density at radius 1 is 1.33 bits per heavy atom. The number of rotatable bonds is 1. The summed E-state index contributed by atoms with van der Waals surface area (Å²) >= 11 is 0. The second-order valence-electron chi connectivity index (χ2n) is 6.43. The van der Waals surface area contributed by atoms with Crippen LogP contribution in [0.2, 0.25) is 0 Å². The first-order valence-corrected chi connectivity index (χ1v) is 7.17. The molecule has 1 aromatic rings. The van der Waals surface area contributed by atoms with Crippen molar-refractivity contribution in [1.82, 2.24) is 4.90 Å². The Morgan fingerprint density at radius 3 is 2.48 bits per heavy atom. The summed E-state index contributed by atoms with van der Waals surface area (Å²) in [6.07, 6.45) is -1.05. The number of ether oxygens (including phenoxy) is 1. The molecule has 1 aromatic carbocycles. The van der Waals surface area contributed by atoms with E-state index in [2.05, 4.69) is 0 Å². The second kappa shape index (κ2) is 5.92. The Bertz CT molecular complexity index is 495. The fourth-order valence-corrected chi connectivity index (χ4v) is 2.49. The molecule has 1 heterocycles. The molecule has 116 valence electrons. The van der Waals surface area contributed by atoms with E-state index in [0.29, 0.717) is 13.0 Å². The van der Waals surface area contributed by atoms with Gasteiger partial charge < -0.3 is 14.7 Å². The highest BCUT2D eigenvalue weighted by molar-refractivity contribution is 5.68. The second-order valence-corrected chi connectivity index (χ2v) is 6.43. The summed E-state index contributed by atoms with van der Waals surface area (Å²) in [4.78, 5) is 13.4. The molecule has 4 nitrogen and oxygen atoms in total. The zero-order valence-corrected chi connectivity index (χ0v) is 12.7. The van der Waals surface area contributed by atoms with Crippen LogP contribution in [0.5, 0.6) is 5.75 Å². The van der Waals surface area contributed by atoms with E-state index in [4.69, 9.17) is 4.74 Å². The minimum Gasteiger partial charge on any atom is -0.508 e. The van der Waals surface area contributed by atoms with E-state index >= 15 is 0 Å². The van der Waals surface area contributed by atoms with Crippen LogP contribution in [0.25, 0.3) is 0 Å². The molecule has 21 heavy (non-hydrogen) atoms. The highest BCUT2D eigenvalue weighted by Gasteiger charge is 2.34. The summed E-state index contributed by atoms with van der Waals surface area (Å²) in [5.41, 5.74) is 0.278. The number of benzene rings is 1. The van der Waals surface area contributed by atoms with Crippen molar-refractivity contribution in [2.45, 2.75) is 44.9 Å². The number of halogens is 1. The van der Waals surface area contributed by atoms with Gasteiger partial charge in [0, 0.05) is 12.5 Å². The average molecular weight is 295 g/mol. The first kappa shape index (κ1) is 15.6. The minimum absolute atomic E-state index is 0.0421. The van der Waals surface area contributed by atoms with Gasteiger partial charge >= 0.3 is 6.09 Å². The van der Waals surface area contributed by atoms with Gasteiger partial charge in [-0.25, -0.2) is 9.18 Å². The molecule has 1 N–H and O–H groups in total. The number of nitrogens with zero attached hydrogens (tertiary/aromatic N) is 1. The number of aromatic hydroxyl groups is 1. The number of likely N-dealkylation sites (tertiary alicyclic amines) is 1. The molecule has 2 unspecified atom stereocenters. The maximum Gasteiger partial charge on any atom is 0.410 e. The van der Waals surface area contributed by atoms with Gasteiger partial charge in [0.25, 0.3) is 0 Å². The molecule has 0 bridgehead atoms. The number of carbonyl (C=O) groups excluding carboxylic acids is 1. The Kier molecular flexibility index (Phi) is 4.40. The van der Waals surface area contributed by atoms with E-state index in [9.17, 15) is 14.3 Å². The van der Waals surface area contributed by atoms with Gasteiger partial charge in [-0.1, -0.05) is 12.1 Å². The van der Waals surface area contributed by atoms with Crippen molar-refractivity contribution in [1.29, 1.82) is 0 Å². The van der Waals surface area contributed by atoms with E-state index in [0.717, 1.165) is 5.56 Å². The third-order valence-electron chi connectivity index (χ3n) is 3.51. The number of phenolic OH excluding ortho intramolecular Hbond substituents is 1. The topological polar surface area (TPSA) is 49.8 Å². The van der Waals surface area contributed by atoms with Gasteiger partial charge in [-0.2, -0.15) is 0 Å². The third-order valence-corrected chi connectivity index (χ3v) is 3.51. The Balaban J connectivity index is 1.99. The molecular formula is C16H22FNO3. The quantitative estimate of drug-likeness (QED) is 0.863. The summed E-state index contributed by atoms with van der Waals surface area (Å²) in [7, 11) is 0. The van der Waals surface area contributed by atoms with Crippen LogP contribution >= 0.6 is 0 Å². The monoisotopic (exact) mass is 295 g/mol. The largest absolute Gasteiger partial charge is 0.508 e. The summed E-state index contributed by atoms with van der Waals surface area (Å²) in [5.74, 6) is -0.0790. The molecule has 2 atom stereocenters. The van der Waals surface area contributed by atoms with Crippen LogP contribution in [0, 0.1) is 0 Å². The standard InChI is InChI=1S/C16H22FNO3/c1-16(2,3)21-15(20)18-9-8-13(14(17)10-18)11-4-6-12(19)7-5-11/h4-7,13-14,19H,8-10H2,1-3H3. The van der Waals surface area contributed by atoms with Crippen molar-refractivity contribution < 1.29 is 19.0 Å². The summed E-state index contributed by atoms with van der Waals surface area (Å²) < 4.78 is 19.6. The predicted octanol–water partition coefficient (Wildman–Crippen LogP) is 3.45. The van der Waals surface area contributed by atoms with E-state index in [1.807, 2.05) is 0 Å². The number of amides is 1. The molecule has 0 saturated carbocycles. The molecule has 2 rings (SSSR count). The Morgan fingerprint density at radius 2 is 1.95 bits per heavy atom. The molecule has 1 saturated heterocycles. The van der Waals surface area contributed by atoms with Crippen LogP contribution in [-0.2, 0) is 4.74 Å². The number of hydrogen-bond donors (Lipinski definition) is 1. The predicted molar refractivity (Wildman–Crippen MR) is 78.2 cm³/mol. The summed E-state index contributed by atoms with van der Waals surface area (Å²) in [6, 6.07) is 6.58. The fraction of sp³-hybridized carbons (Fsp3) is 0.562. The van der Waals surface area contributed by atoms with Gasteiger partial charge in [0.05, 0.1) is 6.54 Å². The lowest BCUT2D eigenvalue weighted by molar-refractivity contribution is 0.0111. The highest BCUT2D eigenvalue weighted by Crippen LogP contribution is 2.31. The smallest absolute Gasteiger partial charge is 0.410 e. The molecular weight excluding hydrogens is 273 g/mol. The van der Waals surface area contributed by atoms with Gasteiger partial charge in [0.1, 0.15) is 17.5 Å². The van der Waals surface area contributed by atoms with Gasteiger partial charge in [0.2, 0.25) is 0 Å². The lowest BCUT2D eigenvalue weighted by atomic mass is 9.88. The van der Waals surface area contributed by atoms with Crippen LogP contribution in [0.3, 0.4) is 0 Å². The number of phenols is 1. The molecule has 1 fully saturated rings. The first-order valence-electron chi connectivity index (χ1n) is 7.17. The third kappa shape index (κ3) is 4.09. The lowest BCUT2D eigenvalue weighted by Crippen LogP contribution is -2.46. The molecule has 0 aromatic heterocycles. The minimum atomic E-state index is -1.13. The normalized spacial score (nSPS) is 23.0. The zero-order valence-electron chi connectivity index (χ0n) is 12.7. The van der Waals surface area contributed by atoms with Crippen LogP contribution in [0.15, 0.2) is 24.3 Å².